The molecule has 0 radical (unpaired) electrons. The lowest BCUT2D eigenvalue weighted by atomic mass is 10.0. The first-order valence-electron chi connectivity index (χ1n) is 8.50. The molecule has 1 N–H and O–H groups in total. The van der Waals surface area contributed by atoms with Gasteiger partial charge in [-0.15, -0.1) is 0 Å². The average molecular weight is 361 g/mol. The average Bonchev–Trinajstić information content (AvgIpc) is 3.45. The summed E-state index contributed by atoms with van der Waals surface area (Å²) in [6, 6.07) is 13.6. The SMILES string of the molecule is C[C@H](c1ccc(F)cc1)N(C)C(=O)N[C@H](c1ccc(Cl)cc1)C1CC1. The minimum absolute atomic E-state index is 0.00682. The van der Waals surface area contributed by atoms with Crippen LogP contribution in [0.25, 0.3) is 0 Å². The third-order valence-electron chi connectivity index (χ3n) is 4.86. The number of urea groups is 1. The van der Waals surface area contributed by atoms with Gasteiger partial charge in [0.1, 0.15) is 5.82 Å². The molecule has 2 aromatic carbocycles. The molecule has 0 bridgehead atoms. The fraction of sp³-hybridized carbons (Fsp3) is 0.350. The predicted octanol–water partition coefficient (Wildman–Crippen LogP) is 5.33. The maximum Gasteiger partial charge on any atom is 0.318 e. The molecule has 2 atom stereocenters. The van der Waals surface area contributed by atoms with Gasteiger partial charge in [-0.05, 0) is 61.1 Å². The summed E-state index contributed by atoms with van der Waals surface area (Å²) in [6.45, 7) is 1.93. The first-order valence-corrected chi connectivity index (χ1v) is 8.88. The van der Waals surface area contributed by atoms with Gasteiger partial charge in [0.15, 0.2) is 0 Å². The van der Waals surface area contributed by atoms with Crippen LogP contribution in [0.5, 0.6) is 0 Å². The van der Waals surface area contributed by atoms with Gasteiger partial charge in [-0.25, -0.2) is 9.18 Å². The van der Waals surface area contributed by atoms with E-state index in [9.17, 15) is 9.18 Å². The van der Waals surface area contributed by atoms with E-state index in [0.717, 1.165) is 24.0 Å². The molecule has 25 heavy (non-hydrogen) atoms. The number of nitrogens with one attached hydrogen (secondary N) is 1. The van der Waals surface area contributed by atoms with E-state index in [2.05, 4.69) is 5.32 Å². The van der Waals surface area contributed by atoms with Crippen LogP contribution < -0.4 is 5.32 Å². The van der Waals surface area contributed by atoms with Crippen molar-refractivity contribution in [2.24, 2.45) is 5.92 Å². The molecule has 1 aliphatic rings. The Bertz CT molecular complexity index is 728. The van der Waals surface area contributed by atoms with Crippen LogP contribution in [-0.2, 0) is 0 Å². The summed E-state index contributed by atoms with van der Waals surface area (Å²) < 4.78 is 13.1. The van der Waals surface area contributed by atoms with Crippen molar-refractivity contribution in [2.75, 3.05) is 7.05 Å². The van der Waals surface area contributed by atoms with Crippen molar-refractivity contribution in [1.29, 1.82) is 0 Å². The lowest BCUT2D eigenvalue weighted by molar-refractivity contribution is 0.189. The van der Waals surface area contributed by atoms with Crippen LogP contribution in [0.1, 0.15) is 43.0 Å². The van der Waals surface area contributed by atoms with Gasteiger partial charge in [-0.3, -0.25) is 0 Å². The molecule has 1 fully saturated rings. The second kappa shape index (κ2) is 7.44. The van der Waals surface area contributed by atoms with Gasteiger partial charge in [0, 0.05) is 12.1 Å². The Morgan fingerprint density at radius 1 is 1.12 bits per heavy atom. The monoisotopic (exact) mass is 360 g/mol. The first-order chi connectivity index (χ1) is 12.0. The van der Waals surface area contributed by atoms with Gasteiger partial charge in [0.05, 0.1) is 12.1 Å². The Balaban J connectivity index is 1.70. The summed E-state index contributed by atoms with van der Waals surface area (Å²) in [5.74, 6) is 0.194. The summed E-state index contributed by atoms with van der Waals surface area (Å²) >= 11 is 5.97. The molecule has 1 aliphatic carbocycles. The quantitative estimate of drug-likeness (QED) is 0.767. The van der Waals surface area contributed by atoms with Gasteiger partial charge in [-0.2, -0.15) is 0 Å². The summed E-state index contributed by atoms with van der Waals surface area (Å²) in [4.78, 5) is 14.4. The standard InChI is InChI=1S/C20H22ClFN2O/c1-13(14-7-11-18(22)12-8-14)24(2)20(25)23-19(15-3-4-15)16-5-9-17(21)10-6-16/h5-13,15,19H,3-4H2,1-2H3,(H,23,25)/t13-,19+/m1/s1. The second-order valence-corrected chi connectivity index (χ2v) is 7.09. The number of hydrogen-bond acceptors (Lipinski definition) is 1. The molecule has 0 aliphatic heterocycles. The number of halogens is 2. The highest BCUT2D eigenvalue weighted by Crippen LogP contribution is 2.41. The lowest BCUT2D eigenvalue weighted by Crippen LogP contribution is -2.41. The minimum Gasteiger partial charge on any atom is -0.331 e. The molecule has 2 amide bonds. The number of rotatable bonds is 5. The topological polar surface area (TPSA) is 32.3 Å². The second-order valence-electron chi connectivity index (χ2n) is 6.65. The molecule has 0 heterocycles. The van der Waals surface area contributed by atoms with Crippen molar-refractivity contribution in [3.8, 4) is 0 Å². The summed E-state index contributed by atoms with van der Waals surface area (Å²) in [5.41, 5.74) is 1.97. The van der Waals surface area contributed by atoms with E-state index < -0.39 is 0 Å². The van der Waals surface area contributed by atoms with Crippen LogP contribution in [0.15, 0.2) is 48.5 Å². The third kappa shape index (κ3) is 4.31. The molecular weight excluding hydrogens is 339 g/mol. The van der Waals surface area contributed by atoms with Crippen molar-refractivity contribution in [3.05, 3.63) is 70.5 Å². The molecule has 0 saturated heterocycles. The Hall–Kier alpha value is -2.07. The fourth-order valence-corrected chi connectivity index (χ4v) is 3.07. The van der Waals surface area contributed by atoms with Crippen molar-refractivity contribution in [2.45, 2.75) is 31.8 Å². The number of carbonyl (C=O) groups excluding carboxylic acids is 1. The highest BCUT2D eigenvalue weighted by atomic mass is 35.5. The predicted molar refractivity (Wildman–Crippen MR) is 98.0 cm³/mol. The van der Waals surface area contributed by atoms with Crippen LogP contribution >= 0.6 is 11.6 Å². The lowest BCUT2D eigenvalue weighted by Gasteiger charge is -2.28. The maximum absolute atomic E-state index is 13.1. The zero-order valence-corrected chi connectivity index (χ0v) is 15.1. The summed E-state index contributed by atoms with van der Waals surface area (Å²) in [7, 11) is 1.76. The molecule has 0 aromatic heterocycles. The molecule has 132 valence electrons. The molecular formula is C20H22ClFN2O. The molecule has 3 rings (SSSR count). The van der Waals surface area contributed by atoms with Crippen LogP contribution in [0.4, 0.5) is 9.18 Å². The number of hydrogen-bond donors (Lipinski definition) is 1. The van der Waals surface area contributed by atoms with Crippen molar-refractivity contribution in [3.63, 3.8) is 0 Å². The van der Waals surface area contributed by atoms with E-state index in [4.69, 9.17) is 11.6 Å². The third-order valence-corrected chi connectivity index (χ3v) is 5.11. The smallest absolute Gasteiger partial charge is 0.318 e. The van der Waals surface area contributed by atoms with Crippen LogP contribution in [0, 0.1) is 11.7 Å². The normalized spacial score (nSPS) is 16.2. The largest absolute Gasteiger partial charge is 0.331 e. The first kappa shape index (κ1) is 17.7. The molecule has 3 nitrogen and oxygen atoms in total. The molecule has 2 aromatic rings. The molecule has 5 heteroatoms. The van der Waals surface area contributed by atoms with Crippen LogP contribution in [-0.4, -0.2) is 18.0 Å². The highest BCUT2D eigenvalue weighted by Gasteiger charge is 2.34. The van der Waals surface area contributed by atoms with Crippen molar-refractivity contribution >= 4 is 17.6 Å². The van der Waals surface area contributed by atoms with Gasteiger partial charge in [0.2, 0.25) is 0 Å². The van der Waals surface area contributed by atoms with Crippen molar-refractivity contribution in [1.82, 2.24) is 10.2 Å². The zero-order chi connectivity index (χ0) is 18.0. The number of nitrogens with zero attached hydrogens (tertiary/aromatic N) is 1. The van der Waals surface area contributed by atoms with Gasteiger partial charge in [0.25, 0.3) is 0 Å². The Kier molecular flexibility index (Phi) is 5.28. The number of benzene rings is 2. The van der Waals surface area contributed by atoms with E-state index in [1.165, 1.54) is 12.1 Å². The number of amides is 2. The Labute approximate surface area is 152 Å². The van der Waals surface area contributed by atoms with E-state index in [1.54, 1.807) is 24.1 Å². The minimum atomic E-state index is -0.278. The zero-order valence-electron chi connectivity index (χ0n) is 14.4. The molecule has 1 saturated carbocycles. The van der Waals surface area contributed by atoms with E-state index in [-0.39, 0.29) is 23.9 Å². The summed E-state index contributed by atoms with van der Waals surface area (Å²) in [6.07, 6.45) is 2.23. The Morgan fingerprint density at radius 3 is 2.24 bits per heavy atom. The van der Waals surface area contributed by atoms with Gasteiger partial charge < -0.3 is 10.2 Å². The van der Waals surface area contributed by atoms with Crippen molar-refractivity contribution < 1.29 is 9.18 Å². The number of carbonyl (C=O) groups is 1. The molecule has 0 spiro atoms. The van der Waals surface area contributed by atoms with Crippen LogP contribution in [0.3, 0.4) is 0 Å². The Morgan fingerprint density at radius 2 is 1.68 bits per heavy atom. The summed E-state index contributed by atoms with van der Waals surface area (Å²) in [5, 5.41) is 3.83. The molecule has 0 unspecified atom stereocenters. The van der Waals surface area contributed by atoms with E-state index in [0.29, 0.717) is 10.9 Å². The van der Waals surface area contributed by atoms with Gasteiger partial charge in [-0.1, -0.05) is 35.9 Å². The fourth-order valence-electron chi connectivity index (χ4n) is 2.95. The maximum atomic E-state index is 13.1. The highest BCUT2D eigenvalue weighted by molar-refractivity contribution is 6.30. The van der Waals surface area contributed by atoms with Crippen LogP contribution in [0.2, 0.25) is 5.02 Å². The van der Waals surface area contributed by atoms with E-state index in [1.807, 2.05) is 31.2 Å². The van der Waals surface area contributed by atoms with Gasteiger partial charge >= 0.3 is 6.03 Å². The van der Waals surface area contributed by atoms with E-state index >= 15 is 0 Å².